The third kappa shape index (κ3) is 3.73. The first-order valence-electron chi connectivity index (χ1n) is 5.78. The van der Waals surface area contributed by atoms with Crippen LogP contribution in [0.5, 0.6) is 0 Å². The number of anilines is 1. The zero-order valence-electron chi connectivity index (χ0n) is 10.5. The van der Waals surface area contributed by atoms with Crippen molar-refractivity contribution >= 4 is 29.3 Å². The number of urea groups is 1. The third-order valence-corrected chi connectivity index (χ3v) is 2.81. The lowest BCUT2D eigenvalue weighted by Crippen LogP contribution is -2.28. The van der Waals surface area contributed by atoms with Crippen LogP contribution in [-0.2, 0) is 6.54 Å². The maximum Gasteiger partial charge on any atom is 0.371 e. The average Bonchev–Trinajstić information content (AvgIpc) is 2.90. The molecule has 0 bridgehead atoms. The minimum atomic E-state index is -1.20. The van der Waals surface area contributed by atoms with Crippen LogP contribution in [0, 0.1) is 5.82 Å². The van der Waals surface area contributed by atoms with Crippen molar-refractivity contribution in [3.05, 3.63) is 52.7 Å². The van der Waals surface area contributed by atoms with Gasteiger partial charge >= 0.3 is 12.0 Å². The summed E-state index contributed by atoms with van der Waals surface area (Å²) in [5.74, 6) is -1.85. The lowest BCUT2D eigenvalue weighted by atomic mass is 10.3. The fourth-order valence-electron chi connectivity index (χ4n) is 1.53. The Bertz CT molecular complexity index is 666. The van der Waals surface area contributed by atoms with E-state index in [-0.39, 0.29) is 28.8 Å². The molecule has 1 aromatic carbocycles. The van der Waals surface area contributed by atoms with Crippen LogP contribution in [0.3, 0.4) is 0 Å². The highest BCUT2D eigenvalue weighted by Crippen LogP contribution is 2.24. The van der Waals surface area contributed by atoms with E-state index in [4.69, 9.17) is 21.1 Å². The van der Waals surface area contributed by atoms with Crippen molar-refractivity contribution in [2.75, 3.05) is 5.32 Å². The molecule has 8 heteroatoms. The van der Waals surface area contributed by atoms with Gasteiger partial charge in [0.05, 0.1) is 17.3 Å². The lowest BCUT2D eigenvalue weighted by Gasteiger charge is -2.08. The molecule has 0 fully saturated rings. The van der Waals surface area contributed by atoms with Gasteiger partial charge in [-0.3, -0.25) is 0 Å². The molecule has 0 radical (unpaired) electrons. The number of rotatable bonds is 4. The molecule has 3 N–H and O–H groups in total. The molecule has 1 aromatic heterocycles. The van der Waals surface area contributed by atoms with Crippen LogP contribution in [0.1, 0.15) is 16.3 Å². The number of benzene rings is 1. The number of furan rings is 1. The van der Waals surface area contributed by atoms with Gasteiger partial charge in [0.15, 0.2) is 0 Å². The largest absolute Gasteiger partial charge is 0.475 e. The SMILES string of the molecule is O=C(NCc1ccc(C(=O)O)o1)Nc1c(F)cccc1Cl. The third-order valence-electron chi connectivity index (χ3n) is 2.50. The smallest absolute Gasteiger partial charge is 0.371 e. The monoisotopic (exact) mass is 312 g/mol. The first kappa shape index (κ1) is 14.9. The molecule has 21 heavy (non-hydrogen) atoms. The van der Waals surface area contributed by atoms with Crippen LogP contribution >= 0.6 is 11.6 Å². The fraction of sp³-hybridized carbons (Fsp3) is 0.0769. The van der Waals surface area contributed by atoms with E-state index in [1.165, 1.54) is 24.3 Å². The summed E-state index contributed by atoms with van der Waals surface area (Å²) in [6.45, 7) is -0.0504. The van der Waals surface area contributed by atoms with Crippen molar-refractivity contribution in [3.8, 4) is 0 Å². The van der Waals surface area contributed by atoms with Gasteiger partial charge in [-0.25, -0.2) is 14.0 Å². The van der Waals surface area contributed by atoms with E-state index in [2.05, 4.69) is 10.6 Å². The van der Waals surface area contributed by atoms with Crippen LogP contribution < -0.4 is 10.6 Å². The molecule has 0 unspecified atom stereocenters. The number of hydrogen-bond acceptors (Lipinski definition) is 3. The zero-order valence-corrected chi connectivity index (χ0v) is 11.3. The standard InChI is InChI=1S/C13H10ClFN2O4/c14-8-2-1-3-9(15)11(8)17-13(20)16-6-7-4-5-10(21-7)12(18)19/h1-5H,6H2,(H,18,19)(H2,16,17,20). The van der Waals surface area contributed by atoms with Gasteiger partial charge in [0, 0.05) is 0 Å². The molecular weight excluding hydrogens is 303 g/mol. The molecule has 0 aliphatic carbocycles. The Morgan fingerprint density at radius 2 is 2.05 bits per heavy atom. The molecule has 0 aliphatic heterocycles. The predicted molar refractivity (Wildman–Crippen MR) is 72.9 cm³/mol. The van der Waals surface area contributed by atoms with E-state index < -0.39 is 17.8 Å². The van der Waals surface area contributed by atoms with E-state index in [0.717, 1.165) is 6.07 Å². The van der Waals surface area contributed by atoms with Crippen molar-refractivity contribution in [2.24, 2.45) is 0 Å². The average molecular weight is 313 g/mol. The van der Waals surface area contributed by atoms with E-state index in [1.54, 1.807) is 0 Å². The zero-order chi connectivity index (χ0) is 15.4. The lowest BCUT2D eigenvalue weighted by molar-refractivity contribution is 0.0660. The number of para-hydroxylation sites is 1. The number of carboxylic acids is 1. The van der Waals surface area contributed by atoms with Crippen molar-refractivity contribution in [1.82, 2.24) is 5.32 Å². The number of halogens is 2. The molecule has 0 saturated heterocycles. The maximum atomic E-state index is 13.5. The molecular formula is C13H10ClFN2O4. The number of amides is 2. The van der Waals surface area contributed by atoms with E-state index in [9.17, 15) is 14.0 Å². The van der Waals surface area contributed by atoms with Gasteiger partial charge in [-0.15, -0.1) is 0 Å². The van der Waals surface area contributed by atoms with Crippen molar-refractivity contribution < 1.29 is 23.5 Å². The number of carbonyl (C=O) groups is 2. The minimum absolute atomic E-state index is 0.0504. The summed E-state index contributed by atoms with van der Waals surface area (Å²) >= 11 is 5.76. The number of carbonyl (C=O) groups excluding carboxylic acids is 1. The first-order valence-corrected chi connectivity index (χ1v) is 6.16. The highest BCUT2D eigenvalue weighted by molar-refractivity contribution is 6.33. The van der Waals surface area contributed by atoms with Gasteiger partial charge < -0.3 is 20.2 Å². The van der Waals surface area contributed by atoms with Crippen molar-refractivity contribution in [2.45, 2.75) is 6.54 Å². The van der Waals surface area contributed by atoms with E-state index in [0.29, 0.717) is 0 Å². The Hall–Kier alpha value is -2.54. The summed E-state index contributed by atoms with van der Waals surface area (Å²) in [5, 5.41) is 13.4. The van der Waals surface area contributed by atoms with Crippen LogP contribution in [0.15, 0.2) is 34.7 Å². The topological polar surface area (TPSA) is 91.6 Å². The number of aromatic carboxylic acids is 1. The molecule has 0 aliphatic rings. The molecule has 6 nitrogen and oxygen atoms in total. The Labute approximate surface area is 123 Å². The maximum absolute atomic E-state index is 13.5. The van der Waals surface area contributed by atoms with Gasteiger partial charge in [0.25, 0.3) is 0 Å². The van der Waals surface area contributed by atoms with Crippen LogP contribution in [0.25, 0.3) is 0 Å². The molecule has 0 saturated carbocycles. The molecule has 0 spiro atoms. The summed E-state index contributed by atoms with van der Waals surface area (Å²) in [5.41, 5.74) is -0.137. The fourth-order valence-corrected chi connectivity index (χ4v) is 1.74. The van der Waals surface area contributed by atoms with Gasteiger partial charge in [-0.05, 0) is 24.3 Å². The van der Waals surface area contributed by atoms with Gasteiger partial charge in [-0.1, -0.05) is 17.7 Å². The van der Waals surface area contributed by atoms with Gasteiger partial charge in [0.2, 0.25) is 5.76 Å². The molecule has 2 amide bonds. The minimum Gasteiger partial charge on any atom is -0.475 e. The highest BCUT2D eigenvalue weighted by Gasteiger charge is 2.12. The Balaban J connectivity index is 1.94. The molecule has 2 aromatic rings. The van der Waals surface area contributed by atoms with Crippen LogP contribution in [0.4, 0.5) is 14.9 Å². The Morgan fingerprint density at radius 3 is 2.67 bits per heavy atom. The molecule has 110 valence electrons. The normalized spacial score (nSPS) is 10.2. The van der Waals surface area contributed by atoms with Gasteiger partial charge in [-0.2, -0.15) is 0 Å². The highest BCUT2D eigenvalue weighted by atomic mass is 35.5. The number of nitrogens with one attached hydrogen (secondary N) is 2. The number of hydrogen-bond donors (Lipinski definition) is 3. The second-order valence-electron chi connectivity index (χ2n) is 3.98. The van der Waals surface area contributed by atoms with Crippen molar-refractivity contribution in [1.29, 1.82) is 0 Å². The quantitative estimate of drug-likeness (QED) is 0.809. The molecule has 2 rings (SSSR count). The Morgan fingerprint density at radius 1 is 1.29 bits per heavy atom. The summed E-state index contributed by atoms with van der Waals surface area (Å²) in [6.07, 6.45) is 0. The summed E-state index contributed by atoms with van der Waals surface area (Å²) in [6, 6.07) is 6.00. The van der Waals surface area contributed by atoms with E-state index >= 15 is 0 Å². The molecule has 1 heterocycles. The summed E-state index contributed by atoms with van der Waals surface area (Å²) < 4.78 is 18.4. The first-order chi connectivity index (χ1) is 9.97. The Kier molecular flexibility index (Phi) is 4.44. The van der Waals surface area contributed by atoms with Gasteiger partial charge in [0.1, 0.15) is 11.6 Å². The van der Waals surface area contributed by atoms with E-state index in [1.807, 2.05) is 0 Å². The van der Waals surface area contributed by atoms with Crippen LogP contribution in [0.2, 0.25) is 5.02 Å². The molecule has 0 atom stereocenters. The predicted octanol–water partition coefficient (Wildman–Crippen LogP) is 3.09. The summed E-state index contributed by atoms with van der Waals surface area (Å²) in [7, 11) is 0. The van der Waals surface area contributed by atoms with Crippen LogP contribution in [-0.4, -0.2) is 17.1 Å². The second kappa shape index (κ2) is 6.27. The number of carboxylic acid groups (broad SMARTS) is 1. The summed E-state index contributed by atoms with van der Waals surface area (Å²) in [4.78, 5) is 22.2. The van der Waals surface area contributed by atoms with Crippen molar-refractivity contribution in [3.63, 3.8) is 0 Å². The second-order valence-corrected chi connectivity index (χ2v) is 4.38.